The zero-order valence-corrected chi connectivity index (χ0v) is 18.8. The van der Waals surface area contributed by atoms with Crippen LogP contribution in [-0.4, -0.2) is 27.7 Å². The molecule has 2 N–H and O–H groups in total. The van der Waals surface area contributed by atoms with E-state index in [1.54, 1.807) is 6.07 Å². The summed E-state index contributed by atoms with van der Waals surface area (Å²) >= 11 is 7.60. The van der Waals surface area contributed by atoms with Gasteiger partial charge in [-0.3, -0.25) is 0 Å². The van der Waals surface area contributed by atoms with Crippen molar-refractivity contribution in [3.8, 4) is 0 Å². The quantitative estimate of drug-likeness (QED) is 0.360. The van der Waals surface area contributed by atoms with E-state index in [2.05, 4.69) is 26.0 Å². The SMILES string of the molecule is CCC1(C(O)C/C=C/[C@@H]2CCC[C@@H]2Cl)CCC1.CCCc1ccc(C(=O)O)s1. The minimum absolute atomic E-state index is 0.146. The van der Waals surface area contributed by atoms with Crippen LogP contribution in [0.5, 0.6) is 0 Å². The summed E-state index contributed by atoms with van der Waals surface area (Å²) in [6, 6.07) is 3.55. The first-order valence-corrected chi connectivity index (χ1v) is 12.0. The molecule has 158 valence electrons. The lowest BCUT2D eigenvalue weighted by molar-refractivity contribution is -0.0355. The van der Waals surface area contributed by atoms with Crippen molar-refractivity contribution in [2.45, 2.75) is 89.5 Å². The van der Waals surface area contributed by atoms with E-state index < -0.39 is 5.97 Å². The number of thiophene rings is 1. The van der Waals surface area contributed by atoms with Gasteiger partial charge in [0.2, 0.25) is 0 Å². The average Bonchev–Trinajstić information content (AvgIpc) is 3.25. The number of aromatic carboxylic acids is 1. The van der Waals surface area contributed by atoms with Crippen LogP contribution < -0.4 is 0 Å². The Kier molecular flexibility index (Phi) is 9.52. The van der Waals surface area contributed by atoms with Crippen molar-refractivity contribution < 1.29 is 15.0 Å². The maximum absolute atomic E-state index is 10.4. The molecule has 3 rings (SSSR count). The molecule has 0 bridgehead atoms. The molecule has 2 aliphatic rings. The lowest BCUT2D eigenvalue weighted by atomic mass is 9.63. The molecule has 1 aromatic heterocycles. The Bertz CT molecular complexity index is 630. The average molecular weight is 427 g/mol. The van der Waals surface area contributed by atoms with Crippen LogP contribution in [0.25, 0.3) is 0 Å². The van der Waals surface area contributed by atoms with E-state index in [-0.39, 0.29) is 11.5 Å². The van der Waals surface area contributed by atoms with Crippen molar-refractivity contribution in [2.24, 2.45) is 11.3 Å². The summed E-state index contributed by atoms with van der Waals surface area (Å²) in [5.74, 6) is -0.278. The van der Waals surface area contributed by atoms with Gasteiger partial charge in [-0.1, -0.05) is 45.3 Å². The van der Waals surface area contributed by atoms with Crippen LogP contribution in [0, 0.1) is 11.3 Å². The highest BCUT2D eigenvalue weighted by atomic mass is 35.5. The van der Waals surface area contributed by atoms with Crippen LogP contribution in [0.4, 0.5) is 0 Å². The number of halogens is 1. The van der Waals surface area contributed by atoms with Gasteiger partial charge < -0.3 is 10.2 Å². The number of hydrogen-bond acceptors (Lipinski definition) is 3. The minimum atomic E-state index is -0.822. The fourth-order valence-electron chi connectivity index (χ4n) is 4.22. The molecule has 0 radical (unpaired) electrons. The first-order chi connectivity index (χ1) is 13.4. The van der Waals surface area contributed by atoms with Gasteiger partial charge in [-0.05, 0) is 68.4 Å². The summed E-state index contributed by atoms with van der Waals surface area (Å²) in [5, 5.41) is 19.2. The molecule has 3 nitrogen and oxygen atoms in total. The summed E-state index contributed by atoms with van der Waals surface area (Å²) in [7, 11) is 0. The second kappa shape index (κ2) is 11.4. The highest BCUT2D eigenvalue weighted by Gasteiger charge is 2.40. The Morgan fingerprint density at radius 3 is 2.54 bits per heavy atom. The molecular weight excluding hydrogens is 392 g/mol. The zero-order valence-electron chi connectivity index (χ0n) is 17.2. The predicted molar refractivity (Wildman–Crippen MR) is 119 cm³/mol. The normalized spacial score (nSPS) is 24.4. The molecular formula is C23H35ClO3S. The van der Waals surface area contributed by atoms with Gasteiger partial charge in [-0.15, -0.1) is 22.9 Å². The lowest BCUT2D eigenvalue weighted by Crippen LogP contribution is -2.40. The number of carboxylic acid groups (broad SMARTS) is 1. The molecule has 28 heavy (non-hydrogen) atoms. The van der Waals surface area contributed by atoms with Crippen LogP contribution in [0.2, 0.25) is 0 Å². The van der Waals surface area contributed by atoms with E-state index in [0.717, 1.165) is 37.0 Å². The minimum Gasteiger partial charge on any atom is -0.477 e. The topological polar surface area (TPSA) is 57.5 Å². The van der Waals surface area contributed by atoms with E-state index in [1.807, 2.05) is 6.07 Å². The smallest absolute Gasteiger partial charge is 0.345 e. The van der Waals surface area contributed by atoms with Gasteiger partial charge in [-0.25, -0.2) is 4.79 Å². The second-order valence-electron chi connectivity index (χ2n) is 8.18. The van der Waals surface area contributed by atoms with Crippen molar-refractivity contribution in [2.75, 3.05) is 0 Å². The van der Waals surface area contributed by atoms with Crippen LogP contribution in [-0.2, 0) is 6.42 Å². The number of rotatable bonds is 8. The van der Waals surface area contributed by atoms with Crippen molar-refractivity contribution in [1.82, 2.24) is 0 Å². The van der Waals surface area contributed by atoms with E-state index in [1.165, 1.54) is 43.4 Å². The molecule has 0 aromatic carbocycles. The summed E-state index contributed by atoms with van der Waals surface area (Å²) < 4.78 is 0. The Hall–Kier alpha value is -0.840. The highest BCUT2D eigenvalue weighted by Crippen LogP contribution is 2.47. The van der Waals surface area contributed by atoms with Crippen LogP contribution in [0.1, 0.15) is 86.2 Å². The van der Waals surface area contributed by atoms with E-state index >= 15 is 0 Å². The van der Waals surface area contributed by atoms with Crippen molar-refractivity contribution in [3.05, 3.63) is 34.0 Å². The number of aliphatic hydroxyl groups is 1. The molecule has 0 spiro atoms. The third-order valence-corrected chi connectivity index (χ3v) is 8.03. The summed E-state index contributed by atoms with van der Waals surface area (Å²) in [4.78, 5) is 12.0. The summed E-state index contributed by atoms with van der Waals surface area (Å²) in [5.41, 5.74) is 0.236. The molecule has 3 atom stereocenters. The first-order valence-electron chi connectivity index (χ1n) is 10.7. The fraction of sp³-hybridized carbons (Fsp3) is 0.696. The van der Waals surface area contributed by atoms with Gasteiger partial charge in [-0.2, -0.15) is 0 Å². The third-order valence-electron chi connectivity index (χ3n) is 6.35. The van der Waals surface area contributed by atoms with Crippen molar-refractivity contribution in [1.29, 1.82) is 0 Å². The van der Waals surface area contributed by atoms with Gasteiger partial charge in [0.25, 0.3) is 0 Å². The Morgan fingerprint density at radius 2 is 2.07 bits per heavy atom. The number of aliphatic hydroxyl groups excluding tert-OH is 1. The number of hydrogen-bond donors (Lipinski definition) is 2. The maximum Gasteiger partial charge on any atom is 0.345 e. The van der Waals surface area contributed by atoms with Crippen LogP contribution in [0.15, 0.2) is 24.3 Å². The molecule has 0 aliphatic heterocycles. The Morgan fingerprint density at radius 1 is 1.32 bits per heavy atom. The first kappa shape index (κ1) is 23.4. The number of allylic oxidation sites excluding steroid dienone is 1. The van der Waals surface area contributed by atoms with Crippen LogP contribution in [0.3, 0.4) is 0 Å². The fourth-order valence-corrected chi connectivity index (χ4v) is 5.53. The monoisotopic (exact) mass is 426 g/mol. The number of carboxylic acids is 1. The molecule has 2 fully saturated rings. The second-order valence-corrected chi connectivity index (χ2v) is 9.91. The van der Waals surface area contributed by atoms with Gasteiger partial charge in [0, 0.05) is 10.3 Å². The third kappa shape index (κ3) is 6.33. The van der Waals surface area contributed by atoms with Gasteiger partial charge in [0.1, 0.15) is 4.88 Å². The van der Waals surface area contributed by atoms with E-state index in [9.17, 15) is 9.90 Å². The van der Waals surface area contributed by atoms with Crippen molar-refractivity contribution >= 4 is 28.9 Å². The molecule has 1 unspecified atom stereocenters. The van der Waals surface area contributed by atoms with Crippen LogP contribution >= 0.6 is 22.9 Å². The van der Waals surface area contributed by atoms with Crippen molar-refractivity contribution in [3.63, 3.8) is 0 Å². The summed E-state index contributed by atoms with van der Waals surface area (Å²) in [6.07, 6.45) is 15.6. The predicted octanol–water partition coefficient (Wildman–Crippen LogP) is 6.68. The van der Waals surface area contributed by atoms with Gasteiger partial charge >= 0.3 is 5.97 Å². The summed E-state index contributed by atoms with van der Waals surface area (Å²) in [6.45, 7) is 4.29. The Labute approximate surface area is 178 Å². The largest absolute Gasteiger partial charge is 0.477 e. The molecule has 0 amide bonds. The zero-order chi connectivity index (χ0) is 20.6. The lowest BCUT2D eigenvalue weighted by Gasteiger charge is -2.45. The number of aryl methyl sites for hydroxylation is 1. The van der Waals surface area contributed by atoms with Gasteiger partial charge in [0.05, 0.1) is 6.10 Å². The standard InChI is InChI=1S/C15H25ClO.C8H10O2S/c1-2-15(10-5-11-15)14(17)9-4-7-12-6-3-8-13(12)16;1-2-3-6-4-5-7(11-6)8(9)10/h4,7,12-14,17H,2-3,5-6,8-11H2,1H3;4-5H,2-3H2,1H3,(H,9,10)/b7-4+;/t12-,13-,14?;/m0./s1. The highest BCUT2D eigenvalue weighted by molar-refractivity contribution is 7.13. The molecule has 5 heteroatoms. The van der Waals surface area contributed by atoms with Gasteiger partial charge in [0.15, 0.2) is 0 Å². The Balaban J connectivity index is 0.000000221. The molecule has 1 heterocycles. The molecule has 2 aliphatic carbocycles. The number of carbonyl (C=O) groups is 1. The molecule has 0 saturated heterocycles. The number of alkyl halides is 1. The maximum atomic E-state index is 10.4. The molecule has 1 aromatic rings. The van der Waals surface area contributed by atoms with E-state index in [4.69, 9.17) is 16.7 Å². The van der Waals surface area contributed by atoms with E-state index in [0.29, 0.717) is 16.2 Å². The molecule has 2 saturated carbocycles.